The Labute approximate surface area is 94.0 Å². The van der Waals surface area contributed by atoms with Crippen LogP contribution in [0.3, 0.4) is 0 Å². The number of fused-ring (bicyclic) bond motifs is 1. The van der Waals surface area contributed by atoms with Crippen LogP contribution in [0, 0.1) is 0 Å². The van der Waals surface area contributed by atoms with Crippen LogP contribution in [0.15, 0.2) is 24.4 Å². The summed E-state index contributed by atoms with van der Waals surface area (Å²) in [6.45, 7) is 1.73. The smallest absolute Gasteiger partial charge is 0.0651 e. The van der Waals surface area contributed by atoms with Crippen LogP contribution in [0.5, 0.6) is 0 Å². The van der Waals surface area contributed by atoms with Crippen LogP contribution < -0.4 is 5.32 Å². The zero-order valence-electron chi connectivity index (χ0n) is 9.07. The number of anilines is 1. The summed E-state index contributed by atoms with van der Waals surface area (Å²) in [5, 5.41) is 11.7. The monoisotopic (exact) mass is 217 g/mol. The number of hydrogen-bond acceptors (Lipinski definition) is 3. The van der Waals surface area contributed by atoms with E-state index >= 15 is 0 Å². The second kappa shape index (κ2) is 4.14. The minimum absolute atomic E-state index is 0.540. The number of rotatable bonds is 2. The molecular weight excluding hydrogens is 202 g/mol. The average molecular weight is 217 g/mol. The van der Waals surface area contributed by atoms with Crippen LogP contribution >= 0.6 is 0 Å². The highest BCUT2D eigenvalue weighted by atomic mass is 16.5. The van der Waals surface area contributed by atoms with E-state index in [2.05, 4.69) is 33.7 Å². The highest BCUT2D eigenvalue weighted by molar-refractivity contribution is 5.81. The number of H-pyrrole nitrogens is 1. The third-order valence-electron chi connectivity index (χ3n) is 3.03. The second-order valence-corrected chi connectivity index (χ2v) is 4.20. The van der Waals surface area contributed by atoms with Crippen molar-refractivity contribution in [1.29, 1.82) is 0 Å². The van der Waals surface area contributed by atoms with E-state index in [1.54, 1.807) is 0 Å². The highest BCUT2D eigenvalue weighted by Gasteiger charge is 2.13. The summed E-state index contributed by atoms with van der Waals surface area (Å²) in [5.41, 5.74) is 2.25. The summed E-state index contributed by atoms with van der Waals surface area (Å²) < 4.78 is 5.34. The Kier molecular flexibility index (Phi) is 2.50. The molecule has 84 valence electrons. The zero-order chi connectivity index (χ0) is 10.8. The summed E-state index contributed by atoms with van der Waals surface area (Å²) in [4.78, 5) is 0. The largest absolute Gasteiger partial charge is 0.382 e. The first kappa shape index (κ1) is 9.66. The molecule has 0 amide bonds. The van der Waals surface area contributed by atoms with Gasteiger partial charge in [0.25, 0.3) is 0 Å². The minimum atomic E-state index is 0.540. The SMILES string of the molecule is c1cc2[nH]ncc2cc1NC1CCOCC1. The lowest BCUT2D eigenvalue weighted by Crippen LogP contribution is -2.27. The van der Waals surface area contributed by atoms with Gasteiger partial charge in [-0.3, -0.25) is 5.10 Å². The zero-order valence-corrected chi connectivity index (χ0v) is 9.07. The fourth-order valence-corrected chi connectivity index (χ4v) is 2.11. The van der Waals surface area contributed by atoms with Crippen LogP contribution in [0.25, 0.3) is 10.9 Å². The third kappa shape index (κ3) is 1.88. The van der Waals surface area contributed by atoms with Crippen LogP contribution in [-0.4, -0.2) is 29.5 Å². The van der Waals surface area contributed by atoms with Crippen LogP contribution in [0.2, 0.25) is 0 Å². The van der Waals surface area contributed by atoms with Gasteiger partial charge >= 0.3 is 0 Å². The van der Waals surface area contributed by atoms with Crippen LogP contribution in [0.4, 0.5) is 5.69 Å². The van der Waals surface area contributed by atoms with E-state index < -0.39 is 0 Å². The molecule has 0 aliphatic carbocycles. The molecule has 0 radical (unpaired) electrons. The van der Waals surface area contributed by atoms with Gasteiger partial charge in [0, 0.05) is 30.3 Å². The van der Waals surface area contributed by atoms with Crippen molar-refractivity contribution in [2.45, 2.75) is 18.9 Å². The first-order valence-electron chi connectivity index (χ1n) is 5.69. The number of aromatic nitrogens is 2. The fraction of sp³-hybridized carbons (Fsp3) is 0.417. The molecule has 1 saturated heterocycles. The maximum Gasteiger partial charge on any atom is 0.0651 e. The van der Waals surface area contributed by atoms with E-state index in [0.29, 0.717) is 6.04 Å². The van der Waals surface area contributed by atoms with Crippen molar-refractivity contribution >= 4 is 16.6 Å². The van der Waals surface area contributed by atoms with E-state index in [1.807, 2.05) is 6.20 Å². The summed E-state index contributed by atoms with van der Waals surface area (Å²) in [6.07, 6.45) is 4.03. The van der Waals surface area contributed by atoms with E-state index in [4.69, 9.17) is 4.74 Å². The summed E-state index contributed by atoms with van der Waals surface area (Å²) >= 11 is 0. The van der Waals surface area contributed by atoms with Crippen molar-refractivity contribution in [3.63, 3.8) is 0 Å². The van der Waals surface area contributed by atoms with E-state index in [0.717, 1.165) is 37.0 Å². The predicted octanol–water partition coefficient (Wildman–Crippen LogP) is 2.15. The molecule has 4 nitrogen and oxygen atoms in total. The molecule has 0 spiro atoms. The van der Waals surface area contributed by atoms with Gasteiger partial charge in [-0.15, -0.1) is 0 Å². The Hall–Kier alpha value is -1.55. The van der Waals surface area contributed by atoms with Gasteiger partial charge in [0.1, 0.15) is 0 Å². The summed E-state index contributed by atoms with van der Waals surface area (Å²) in [5.74, 6) is 0. The van der Waals surface area contributed by atoms with Gasteiger partial charge in [0.15, 0.2) is 0 Å². The molecule has 0 bridgehead atoms. The van der Waals surface area contributed by atoms with Gasteiger partial charge in [-0.2, -0.15) is 5.10 Å². The highest BCUT2D eigenvalue weighted by Crippen LogP contribution is 2.19. The molecule has 1 aliphatic heterocycles. The van der Waals surface area contributed by atoms with Gasteiger partial charge in [-0.05, 0) is 31.0 Å². The Balaban J connectivity index is 1.77. The molecule has 16 heavy (non-hydrogen) atoms. The quantitative estimate of drug-likeness (QED) is 0.810. The molecule has 4 heteroatoms. The molecule has 2 aromatic rings. The van der Waals surface area contributed by atoms with Gasteiger partial charge in [0.2, 0.25) is 0 Å². The predicted molar refractivity (Wildman–Crippen MR) is 63.6 cm³/mol. The minimum Gasteiger partial charge on any atom is -0.382 e. The molecule has 1 aromatic heterocycles. The fourth-order valence-electron chi connectivity index (χ4n) is 2.11. The molecule has 0 unspecified atom stereocenters. The van der Waals surface area contributed by atoms with Crippen LogP contribution in [-0.2, 0) is 4.74 Å². The Morgan fingerprint density at radius 3 is 3.06 bits per heavy atom. The maximum absolute atomic E-state index is 5.34. The van der Waals surface area contributed by atoms with Crippen molar-refractivity contribution < 1.29 is 4.74 Å². The van der Waals surface area contributed by atoms with Gasteiger partial charge < -0.3 is 10.1 Å². The Morgan fingerprint density at radius 1 is 1.31 bits per heavy atom. The average Bonchev–Trinajstić information content (AvgIpc) is 2.77. The molecule has 2 heterocycles. The number of hydrogen-bond donors (Lipinski definition) is 2. The summed E-state index contributed by atoms with van der Waals surface area (Å²) in [7, 11) is 0. The number of aromatic amines is 1. The normalized spacial score (nSPS) is 17.8. The molecule has 3 rings (SSSR count). The van der Waals surface area contributed by atoms with Gasteiger partial charge in [-0.25, -0.2) is 0 Å². The molecule has 1 aliphatic rings. The lowest BCUT2D eigenvalue weighted by Gasteiger charge is -2.24. The van der Waals surface area contributed by atoms with Crippen LogP contribution in [0.1, 0.15) is 12.8 Å². The van der Waals surface area contributed by atoms with Gasteiger partial charge in [0.05, 0.1) is 11.7 Å². The molecule has 0 saturated carbocycles. The van der Waals surface area contributed by atoms with E-state index in [1.165, 1.54) is 5.69 Å². The van der Waals surface area contributed by atoms with Crippen molar-refractivity contribution in [3.8, 4) is 0 Å². The molecule has 1 aromatic carbocycles. The second-order valence-electron chi connectivity index (χ2n) is 4.20. The van der Waals surface area contributed by atoms with E-state index in [9.17, 15) is 0 Å². The maximum atomic E-state index is 5.34. The number of benzene rings is 1. The topological polar surface area (TPSA) is 49.9 Å². The number of ether oxygens (including phenoxy) is 1. The number of nitrogens with one attached hydrogen (secondary N) is 2. The van der Waals surface area contributed by atoms with Crippen molar-refractivity contribution in [1.82, 2.24) is 10.2 Å². The van der Waals surface area contributed by atoms with E-state index in [-0.39, 0.29) is 0 Å². The van der Waals surface area contributed by atoms with Crippen molar-refractivity contribution in [3.05, 3.63) is 24.4 Å². The molecular formula is C12H15N3O. The Morgan fingerprint density at radius 2 is 2.19 bits per heavy atom. The summed E-state index contributed by atoms with van der Waals surface area (Å²) in [6, 6.07) is 6.83. The third-order valence-corrected chi connectivity index (χ3v) is 3.03. The Bertz CT molecular complexity index is 474. The molecule has 0 atom stereocenters. The lowest BCUT2D eigenvalue weighted by atomic mass is 10.1. The first-order valence-corrected chi connectivity index (χ1v) is 5.69. The van der Waals surface area contributed by atoms with Crippen molar-refractivity contribution in [2.75, 3.05) is 18.5 Å². The molecule has 1 fully saturated rings. The lowest BCUT2D eigenvalue weighted by molar-refractivity contribution is 0.0904. The first-order chi connectivity index (χ1) is 7.92. The molecule has 2 N–H and O–H groups in total. The van der Waals surface area contributed by atoms with Gasteiger partial charge in [-0.1, -0.05) is 0 Å². The number of nitrogens with zero attached hydrogens (tertiary/aromatic N) is 1. The van der Waals surface area contributed by atoms with Crippen molar-refractivity contribution in [2.24, 2.45) is 0 Å². The standard InChI is InChI=1S/C12H15N3O/c1-2-12-9(8-13-15-12)7-11(1)14-10-3-5-16-6-4-10/h1-2,7-8,10,14H,3-6H2,(H,13,15).